The van der Waals surface area contributed by atoms with Crippen LogP contribution in [0.4, 0.5) is 5.69 Å². The molecule has 0 aliphatic carbocycles. The smallest absolute Gasteiger partial charge is 0.315 e. The van der Waals surface area contributed by atoms with Gasteiger partial charge < -0.3 is 10.1 Å². The molecule has 0 bridgehead atoms. The molecule has 4 heteroatoms. The largest absolute Gasteiger partial charge is 0.462 e. The number of rotatable bonds is 17. The summed E-state index contributed by atoms with van der Waals surface area (Å²) in [6, 6.07) is 6.11. The molecule has 1 N–H and O–H groups in total. The van der Waals surface area contributed by atoms with Crippen molar-refractivity contribution in [1.29, 1.82) is 0 Å². The van der Waals surface area contributed by atoms with Gasteiger partial charge in [-0.2, -0.15) is 0 Å². The number of esters is 1. The van der Waals surface area contributed by atoms with Gasteiger partial charge in [-0.3, -0.25) is 9.59 Å². The van der Waals surface area contributed by atoms with E-state index in [1.165, 1.54) is 57.8 Å². The van der Waals surface area contributed by atoms with Crippen LogP contribution in [0, 0.1) is 0 Å². The zero-order valence-corrected chi connectivity index (χ0v) is 22.2. The molecule has 0 saturated carbocycles. The number of anilines is 1. The molecule has 0 saturated heterocycles. The van der Waals surface area contributed by atoms with Crippen molar-refractivity contribution in [3.05, 3.63) is 29.3 Å². The minimum Gasteiger partial charge on any atom is -0.462 e. The molecule has 0 unspecified atom stereocenters. The summed E-state index contributed by atoms with van der Waals surface area (Å²) in [5.74, 6) is -0.180. The van der Waals surface area contributed by atoms with E-state index in [2.05, 4.69) is 39.9 Å². The Kier molecular flexibility index (Phi) is 14.8. The number of hydrogen-bond acceptors (Lipinski definition) is 3. The Morgan fingerprint density at radius 1 is 0.788 bits per heavy atom. The van der Waals surface area contributed by atoms with E-state index in [-0.39, 0.29) is 30.3 Å². The third kappa shape index (κ3) is 12.3. The maximum absolute atomic E-state index is 12.6. The lowest BCUT2D eigenvalue weighted by Gasteiger charge is -2.20. The second-order valence-electron chi connectivity index (χ2n) is 10.1. The van der Waals surface area contributed by atoms with Crippen molar-refractivity contribution in [1.82, 2.24) is 0 Å². The van der Waals surface area contributed by atoms with Crippen molar-refractivity contribution in [3.8, 4) is 0 Å². The Balaban J connectivity index is 2.33. The van der Waals surface area contributed by atoms with Gasteiger partial charge >= 0.3 is 5.97 Å². The number of carbonyl (C=O) groups is 2. The summed E-state index contributed by atoms with van der Waals surface area (Å²) in [6.45, 7) is 12.6. The molecule has 0 fully saturated rings. The minimum absolute atomic E-state index is 0.145. The summed E-state index contributed by atoms with van der Waals surface area (Å²) in [5.41, 5.74) is 3.04. The van der Waals surface area contributed by atoms with Gasteiger partial charge in [0, 0.05) is 5.69 Å². The van der Waals surface area contributed by atoms with Crippen molar-refractivity contribution < 1.29 is 14.3 Å². The highest BCUT2D eigenvalue weighted by molar-refractivity contribution is 6.02. The second-order valence-corrected chi connectivity index (χ2v) is 10.1. The summed E-state index contributed by atoms with van der Waals surface area (Å²) < 4.78 is 5.50. The van der Waals surface area contributed by atoms with Gasteiger partial charge in [0.05, 0.1) is 6.10 Å². The molecule has 1 rings (SSSR count). The van der Waals surface area contributed by atoms with E-state index in [9.17, 15) is 9.59 Å². The lowest BCUT2D eigenvalue weighted by atomic mass is 9.92. The number of ether oxygens (including phenoxy) is 1. The van der Waals surface area contributed by atoms with Crippen LogP contribution >= 0.6 is 0 Å². The molecule has 188 valence electrons. The molecule has 0 radical (unpaired) electrons. The van der Waals surface area contributed by atoms with Crippen molar-refractivity contribution in [2.24, 2.45) is 0 Å². The highest BCUT2D eigenvalue weighted by atomic mass is 16.5. The molecular formula is C29H49NO3. The molecule has 33 heavy (non-hydrogen) atoms. The van der Waals surface area contributed by atoms with Gasteiger partial charge in [-0.1, -0.05) is 111 Å². The fraction of sp³-hybridized carbons (Fsp3) is 0.724. The number of carbonyl (C=O) groups excluding carboxylic acids is 2. The molecule has 1 aromatic carbocycles. The van der Waals surface area contributed by atoms with Crippen LogP contribution in [-0.2, 0) is 14.3 Å². The van der Waals surface area contributed by atoms with Gasteiger partial charge in [-0.05, 0) is 42.7 Å². The SMILES string of the molecule is CCCCCCCCCCCC[C@@H](C)OC(=O)CC(=O)Nc1c(C(C)C)cccc1C(C)C. The van der Waals surface area contributed by atoms with Crippen LogP contribution in [-0.4, -0.2) is 18.0 Å². The van der Waals surface area contributed by atoms with Crippen molar-refractivity contribution in [2.75, 3.05) is 5.32 Å². The lowest BCUT2D eigenvalue weighted by Crippen LogP contribution is -2.23. The van der Waals surface area contributed by atoms with Gasteiger partial charge in [0.1, 0.15) is 6.42 Å². The average Bonchev–Trinajstić information content (AvgIpc) is 2.74. The molecule has 1 amide bonds. The summed E-state index contributed by atoms with van der Waals surface area (Å²) in [4.78, 5) is 24.9. The van der Waals surface area contributed by atoms with Gasteiger partial charge in [0.15, 0.2) is 0 Å². The van der Waals surface area contributed by atoms with Crippen LogP contribution in [0.5, 0.6) is 0 Å². The lowest BCUT2D eigenvalue weighted by molar-refractivity contribution is -0.150. The molecule has 0 spiro atoms. The highest BCUT2D eigenvalue weighted by Crippen LogP contribution is 2.32. The van der Waals surface area contributed by atoms with Gasteiger partial charge in [0.25, 0.3) is 0 Å². The van der Waals surface area contributed by atoms with Crippen LogP contribution in [0.15, 0.2) is 18.2 Å². The van der Waals surface area contributed by atoms with Gasteiger partial charge in [0.2, 0.25) is 5.91 Å². The molecule has 0 heterocycles. The summed E-state index contributed by atoms with van der Waals surface area (Å²) in [6.07, 6.45) is 13.4. The molecule has 4 nitrogen and oxygen atoms in total. The van der Waals surface area contributed by atoms with Crippen LogP contribution in [0.3, 0.4) is 0 Å². The first-order chi connectivity index (χ1) is 15.8. The van der Waals surface area contributed by atoms with Crippen LogP contribution in [0.25, 0.3) is 0 Å². The molecular weight excluding hydrogens is 410 g/mol. The van der Waals surface area contributed by atoms with Crippen LogP contribution in [0.1, 0.15) is 142 Å². The standard InChI is InChI=1S/C29H49NO3/c1-7-8-9-10-11-12-13-14-15-16-18-24(6)33-28(32)21-27(31)30-29-25(22(2)3)19-17-20-26(29)23(4)5/h17,19-20,22-24H,7-16,18,21H2,1-6H3,(H,30,31)/t24-/m1/s1. The Hall–Kier alpha value is -1.84. The van der Waals surface area contributed by atoms with E-state index in [1.807, 2.05) is 25.1 Å². The number of benzene rings is 1. The van der Waals surface area contributed by atoms with Crippen molar-refractivity contribution >= 4 is 17.6 Å². The first-order valence-corrected chi connectivity index (χ1v) is 13.4. The normalized spacial score (nSPS) is 12.2. The van der Waals surface area contributed by atoms with E-state index < -0.39 is 5.97 Å². The van der Waals surface area contributed by atoms with E-state index in [1.54, 1.807) is 0 Å². The Morgan fingerprint density at radius 3 is 1.76 bits per heavy atom. The molecule has 1 atom stereocenters. The van der Waals surface area contributed by atoms with E-state index >= 15 is 0 Å². The highest BCUT2D eigenvalue weighted by Gasteiger charge is 2.19. The van der Waals surface area contributed by atoms with Crippen molar-refractivity contribution in [3.63, 3.8) is 0 Å². The number of unbranched alkanes of at least 4 members (excludes halogenated alkanes) is 9. The first kappa shape index (κ1) is 29.2. The Bertz CT molecular complexity index is 670. The molecule has 0 aromatic heterocycles. The summed E-state index contributed by atoms with van der Waals surface area (Å²) >= 11 is 0. The van der Waals surface area contributed by atoms with E-state index in [0.29, 0.717) is 0 Å². The topological polar surface area (TPSA) is 55.4 Å². The zero-order valence-electron chi connectivity index (χ0n) is 22.2. The number of amides is 1. The van der Waals surface area contributed by atoms with Crippen molar-refractivity contribution in [2.45, 2.75) is 137 Å². The van der Waals surface area contributed by atoms with Gasteiger partial charge in [-0.15, -0.1) is 0 Å². The predicted octanol–water partition coefficient (Wildman–Crippen LogP) is 8.50. The molecule has 0 aliphatic rings. The maximum atomic E-state index is 12.6. The fourth-order valence-electron chi connectivity index (χ4n) is 4.25. The number of para-hydroxylation sites is 1. The zero-order chi connectivity index (χ0) is 24.6. The average molecular weight is 460 g/mol. The number of hydrogen-bond donors (Lipinski definition) is 1. The van der Waals surface area contributed by atoms with Crippen LogP contribution < -0.4 is 5.32 Å². The minimum atomic E-state index is -0.444. The first-order valence-electron chi connectivity index (χ1n) is 13.4. The monoisotopic (exact) mass is 459 g/mol. The summed E-state index contributed by atoms with van der Waals surface area (Å²) in [7, 11) is 0. The maximum Gasteiger partial charge on any atom is 0.315 e. The van der Waals surface area contributed by atoms with E-state index in [0.717, 1.165) is 29.7 Å². The Labute approximate surface area is 203 Å². The third-order valence-electron chi connectivity index (χ3n) is 6.24. The van der Waals surface area contributed by atoms with Gasteiger partial charge in [-0.25, -0.2) is 0 Å². The Morgan fingerprint density at radius 2 is 1.27 bits per heavy atom. The second kappa shape index (κ2) is 16.7. The van der Waals surface area contributed by atoms with E-state index in [4.69, 9.17) is 4.74 Å². The number of nitrogens with one attached hydrogen (secondary N) is 1. The third-order valence-corrected chi connectivity index (χ3v) is 6.24. The quantitative estimate of drug-likeness (QED) is 0.144. The summed E-state index contributed by atoms with van der Waals surface area (Å²) in [5, 5.41) is 2.99. The predicted molar refractivity (Wildman–Crippen MR) is 140 cm³/mol. The molecule has 1 aromatic rings. The fourth-order valence-corrected chi connectivity index (χ4v) is 4.25. The van der Waals surface area contributed by atoms with Crippen LogP contribution in [0.2, 0.25) is 0 Å². The molecule has 0 aliphatic heterocycles.